The van der Waals surface area contributed by atoms with Gasteiger partial charge in [-0.2, -0.15) is 5.26 Å². The fraction of sp³-hybridized carbons (Fsp3) is 0.812. The van der Waals surface area contributed by atoms with Gasteiger partial charge in [0.1, 0.15) is 11.9 Å². The monoisotopic (exact) mass is 507 g/mol. The summed E-state index contributed by atoms with van der Waals surface area (Å²) in [6.07, 6.45) is 7.69. The molecule has 10 atom stereocenters. The first kappa shape index (κ1) is 26.6. The van der Waals surface area contributed by atoms with Crippen LogP contribution in [-0.2, 0) is 19.1 Å². The van der Waals surface area contributed by atoms with Crippen LogP contribution in [0.1, 0.15) is 93.4 Å². The second kappa shape index (κ2) is 8.03. The number of hydrogen-bond donors (Lipinski definition) is 0. The minimum absolute atomic E-state index is 0.00663. The largest absolute Gasteiger partial charge is 0.469 e. The molecular formula is C32H45NO4. The van der Waals surface area contributed by atoms with Gasteiger partial charge >= 0.3 is 5.97 Å². The van der Waals surface area contributed by atoms with Crippen LogP contribution in [0.15, 0.2) is 11.6 Å². The van der Waals surface area contributed by atoms with Crippen molar-refractivity contribution in [1.29, 1.82) is 5.26 Å². The number of fused-ring (bicyclic) bond motifs is 7. The van der Waals surface area contributed by atoms with Crippen LogP contribution in [0.25, 0.3) is 0 Å². The lowest BCUT2D eigenvalue weighted by Crippen LogP contribution is -2.70. The first-order valence-corrected chi connectivity index (χ1v) is 14.4. The van der Waals surface area contributed by atoms with E-state index in [1.807, 2.05) is 19.9 Å². The molecule has 0 aliphatic heterocycles. The number of carbonyl (C=O) groups is 3. The predicted molar refractivity (Wildman–Crippen MR) is 141 cm³/mol. The third-order valence-electron chi connectivity index (χ3n) is 13.4. The highest BCUT2D eigenvalue weighted by atomic mass is 16.5. The summed E-state index contributed by atoms with van der Waals surface area (Å²) in [5.74, 6) is 0.818. The van der Waals surface area contributed by atoms with E-state index in [4.69, 9.17) is 4.74 Å². The minimum Gasteiger partial charge on any atom is -0.469 e. The van der Waals surface area contributed by atoms with Crippen molar-refractivity contribution in [2.75, 3.05) is 7.11 Å². The standard InChI is InChI=1S/C32H45NO4/c1-18-9-12-32(27(36)37-8)14-13-31(7)25(24(32)19(18)2)21(34)15-23-29(5)16-20(17-33)26(35)28(3,4)22(29)10-11-30(23,31)6/h16,18-19,22-25H,9-15H2,1-8H3/t18-,19+,22+,23?,24+,25-,29+,30-,31-,32+/m1/s1. The lowest BCUT2D eigenvalue weighted by molar-refractivity contribution is -0.230. The first-order chi connectivity index (χ1) is 17.2. The Kier molecular flexibility index (Phi) is 5.78. The fourth-order valence-electron chi connectivity index (χ4n) is 11.1. The Morgan fingerprint density at radius 1 is 0.973 bits per heavy atom. The van der Waals surface area contributed by atoms with Crippen LogP contribution in [0.4, 0.5) is 0 Å². The van der Waals surface area contributed by atoms with E-state index in [1.165, 1.54) is 7.11 Å². The average Bonchev–Trinajstić information content (AvgIpc) is 2.85. The Morgan fingerprint density at radius 2 is 1.65 bits per heavy atom. The maximum atomic E-state index is 14.5. The number of ketones is 2. The maximum Gasteiger partial charge on any atom is 0.312 e. The highest BCUT2D eigenvalue weighted by molar-refractivity contribution is 6.04. The van der Waals surface area contributed by atoms with E-state index >= 15 is 0 Å². The highest BCUT2D eigenvalue weighted by Gasteiger charge is 2.73. The molecule has 4 fully saturated rings. The third kappa shape index (κ3) is 3.05. The fourth-order valence-corrected chi connectivity index (χ4v) is 11.1. The lowest BCUT2D eigenvalue weighted by atomic mass is 9.31. The smallest absolute Gasteiger partial charge is 0.312 e. The van der Waals surface area contributed by atoms with Gasteiger partial charge in [-0.3, -0.25) is 14.4 Å². The van der Waals surface area contributed by atoms with Gasteiger partial charge in [0.25, 0.3) is 0 Å². The van der Waals surface area contributed by atoms with Gasteiger partial charge in [-0.05, 0) is 84.4 Å². The normalized spacial score (nSPS) is 50.4. The number of nitriles is 1. The van der Waals surface area contributed by atoms with Gasteiger partial charge in [0, 0.05) is 17.8 Å². The molecule has 0 radical (unpaired) electrons. The van der Waals surface area contributed by atoms with Crippen molar-refractivity contribution < 1.29 is 19.1 Å². The molecule has 0 aromatic heterocycles. The van der Waals surface area contributed by atoms with E-state index in [-0.39, 0.29) is 63.5 Å². The number of nitrogens with zero attached hydrogens (tertiary/aromatic N) is 1. The minimum atomic E-state index is -0.628. The van der Waals surface area contributed by atoms with Crippen LogP contribution < -0.4 is 0 Å². The molecule has 0 saturated heterocycles. The second-order valence-electron chi connectivity index (χ2n) is 14.8. The number of methoxy groups -OCH3 is 1. The molecule has 1 unspecified atom stereocenters. The van der Waals surface area contributed by atoms with Gasteiger partial charge in [0.15, 0.2) is 5.78 Å². The Labute approximate surface area is 222 Å². The molecule has 37 heavy (non-hydrogen) atoms. The zero-order valence-corrected chi connectivity index (χ0v) is 24.1. The van der Waals surface area contributed by atoms with Crippen LogP contribution in [0.3, 0.4) is 0 Å². The molecular weight excluding hydrogens is 462 g/mol. The van der Waals surface area contributed by atoms with Crippen LogP contribution in [-0.4, -0.2) is 24.6 Å². The molecule has 0 aromatic carbocycles. The van der Waals surface area contributed by atoms with Gasteiger partial charge in [0.2, 0.25) is 0 Å². The molecule has 0 N–H and O–H groups in total. The molecule has 0 aromatic rings. The molecule has 5 rings (SSSR count). The molecule has 0 spiro atoms. The molecule has 4 saturated carbocycles. The number of esters is 1. The summed E-state index contributed by atoms with van der Waals surface area (Å²) < 4.78 is 5.44. The Bertz CT molecular complexity index is 1130. The van der Waals surface area contributed by atoms with E-state index < -0.39 is 16.2 Å². The zero-order chi connectivity index (χ0) is 27.3. The summed E-state index contributed by atoms with van der Waals surface area (Å²) in [6, 6.07) is 2.20. The van der Waals surface area contributed by atoms with Crippen molar-refractivity contribution in [3.63, 3.8) is 0 Å². The van der Waals surface area contributed by atoms with E-state index in [0.717, 1.165) is 38.5 Å². The molecule has 5 aliphatic carbocycles. The van der Waals surface area contributed by atoms with Gasteiger partial charge in [-0.25, -0.2) is 0 Å². The van der Waals surface area contributed by atoms with Crippen molar-refractivity contribution in [3.05, 3.63) is 11.6 Å². The van der Waals surface area contributed by atoms with Crippen molar-refractivity contribution in [2.45, 2.75) is 93.4 Å². The quantitative estimate of drug-likeness (QED) is 0.388. The van der Waals surface area contributed by atoms with Crippen LogP contribution in [0, 0.1) is 73.9 Å². The Morgan fingerprint density at radius 3 is 2.27 bits per heavy atom. The molecule has 5 aliphatic rings. The summed E-state index contributed by atoms with van der Waals surface area (Å²) in [5.41, 5.74) is -1.72. The number of Topliss-reactive ketones (excluding diaryl/α,β-unsaturated/α-hetero) is 2. The van der Waals surface area contributed by atoms with E-state index in [1.54, 1.807) is 0 Å². The second-order valence-corrected chi connectivity index (χ2v) is 14.8. The first-order valence-electron chi connectivity index (χ1n) is 14.4. The van der Waals surface area contributed by atoms with Crippen LogP contribution in [0.5, 0.6) is 0 Å². The Hall–Kier alpha value is -1.96. The predicted octanol–water partition coefficient (Wildman–Crippen LogP) is 6.31. The molecule has 0 heterocycles. The molecule has 0 amide bonds. The lowest BCUT2D eigenvalue weighted by Gasteiger charge is -2.71. The van der Waals surface area contributed by atoms with Crippen molar-refractivity contribution >= 4 is 17.5 Å². The van der Waals surface area contributed by atoms with E-state index in [0.29, 0.717) is 12.3 Å². The number of rotatable bonds is 1. The molecule has 0 bridgehead atoms. The number of ether oxygens (including phenoxy) is 1. The van der Waals surface area contributed by atoms with E-state index in [9.17, 15) is 19.6 Å². The maximum absolute atomic E-state index is 14.5. The third-order valence-corrected chi connectivity index (χ3v) is 13.4. The SMILES string of the molecule is COC(=O)[C@]12CC[C@@H](C)[C@H](C)[C@H]1[C@H]1C(=O)CC3[C@@]4(C)C=C(C#N)C(=O)C(C)(C)[C@@H]4CC[C@@]3(C)[C@]1(C)CC2. The molecule has 202 valence electrons. The summed E-state index contributed by atoms with van der Waals surface area (Å²) >= 11 is 0. The number of carbonyl (C=O) groups excluding carboxylic acids is 3. The summed E-state index contributed by atoms with van der Waals surface area (Å²) in [4.78, 5) is 41.1. The number of hydrogen-bond acceptors (Lipinski definition) is 5. The van der Waals surface area contributed by atoms with Crippen LogP contribution in [0.2, 0.25) is 0 Å². The summed E-state index contributed by atoms with van der Waals surface area (Å²) in [7, 11) is 1.50. The number of allylic oxidation sites excluding steroid dienone is 2. The highest BCUT2D eigenvalue weighted by Crippen LogP contribution is 2.75. The van der Waals surface area contributed by atoms with Gasteiger partial charge in [-0.15, -0.1) is 0 Å². The van der Waals surface area contributed by atoms with Crippen molar-refractivity contribution in [1.82, 2.24) is 0 Å². The average molecular weight is 508 g/mol. The zero-order valence-electron chi connectivity index (χ0n) is 24.1. The van der Waals surface area contributed by atoms with Crippen LogP contribution >= 0.6 is 0 Å². The van der Waals surface area contributed by atoms with E-state index in [2.05, 4.69) is 40.7 Å². The topological polar surface area (TPSA) is 84.2 Å². The van der Waals surface area contributed by atoms with Crippen molar-refractivity contribution in [2.24, 2.45) is 62.6 Å². The summed E-state index contributed by atoms with van der Waals surface area (Å²) in [6.45, 7) is 15.5. The summed E-state index contributed by atoms with van der Waals surface area (Å²) in [5, 5.41) is 9.89. The van der Waals surface area contributed by atoms with Gasteiger partial charge in [-0.1, -0.05) is 54.5 Å². The Balaban J connectivity index is 1.66. The molecule has 5 nitrogen and oxygen atoms in total. The molecule has 5 heteroatoms. The van der Waals surface area contributed by atoms with Gasteiger partial charge < -0.3 is 4.74 Å². The van der Waals surface area contributed by atoms with Crippen molar-refractivity contribution in [3.8, 4) is 6.07 Å². The van der Waals surface area contributed by atoms with Gasteiger partial charge in [0.05, 0.1) is 18.1 Å².